The molecule has 4 aliphatic rings. The van der Waals surface area contributed by atoms with E-state index in [-0.39, 0.29) is 105 Å². The van der Waals surface area contributed by atoms with Crippen LogP contribution in [0.15, 0.2) is 91.0 Å². The predicted octanol–water partition coefficient (Wildman–Crippen LogP) is 8.09. The van der Waals surface area contributed by atoms with E-state index in [4.69, 9.17) is 23.7 Å². The summed E-state index contributed by atoms with van der Waals surface area (Å²) in [6.45, 7) is 11.4. The second kappa shape index (κ2) is 30.0. The molecule has 6 N–H and O–H groups in total. The van der Waals surface area contributed by atoms with Crippen molar-refractivity contribution in [1.82, 2.24) is 21.3 Å². The summed E-state index contributed by atoms with van der Waals surface area (Å²) in [6, 6.07) is 22.3. The van der Waals surface area contributed by atoms with Gasteiger partial charge in [-0.05, 0) is 154 Å². The van der Waals surface area contributed by atoms with Gasteiger partial charge in [-0.1, -0.05) is 112 Å². The molecule has 0 unspecified atom stereocenters. The molecule has 0 saturated heterocycles. The van der Waals surface area contributed by atoms with Crippen LogP contribution in [0.5, 0.6) is 0 Å². The second-order valence-corrected chi connectivity index (χ2v) is 25.5. The fraction of sp³-hybridized carbons (Fsp3) is 0.606. The Labute approximate surface area is 500 Å². The van der Waals surface area contributed by atoms with Gasteiger partial charge >= 0.3 is 30.0 Å². The number of fused-ring (bicyclic) bond motifs is 5. The van der Waals surface area contributed by atoms with E-state index in [1.807, 2.05) is 30.3 Å². The summed E-state index contributed by atoms with van der Waals surface area (Å²) < 4.78 is 27.0. The van der Waals surface area contributed by atoms with E-state index >= 15 is 0 Å². The second-order valence-electron chi connectivity index (χ2n) is 25.5. The molecule has 4 amide bonds. The standard InChI is InChI=1S/C66H90N4O15/c1-41(23-29-55(73)81-7)47-24-25-48-59-49(37-54(72)66(47,48)6)65(5)34-33-46(35-45(65)36-53(59)71)67-60(77)50(26-30-56(74)82-38-42-17-11-8-12-18-42)68-61(78)51(27-31-57(75)83-39-43-19-13-9-14-20-43)69-62(79)52(70-63(80)85-64(2,3)4)28-32-58(76)84-40-44-21-15-10-16-22-44/h8-22,41,45-54,59,71-72H,23-40H2,1-7H3,(H,67,77)(H,68,78)(H,69,79)(H,70,80)/t41-,45+,46+,47-,48+,49+,50+,51+,52+,53-,54+,59+,65+,66-/m1/s1. The van der Waals surface area contributed by atoms with Crippen molar-refractivity contribution in [2.75, 3.05) is 7.11 Å². The molecule has 4 aliphatic carbocycles. The highest BCUT2D eigenvalue weighted by Gasteiger charge is 2.66. The normalized spacial score (nSPS) is 26.4. The third kappa shape index (κ3) is 17.9. The third-order valence-corrected chi connectivity index (χ3v) is 18.8. The highest BCUT2D eigenvalue weighted by Crippen LogP contribution is 2.68. The monoisotopic (exact) mass is 1180 g/mol. The van der Waals surface area contributed by atoms with Crippen LogP contribution in [-0.4, -0.2) is 107 Å². The van der Waals surface area contributed by atoms with Crippen LogP contribution < -0.4 is 21.3 Å². The SMILES string of the molecule is COC(=O)CC[C@@H](C)[C@H]1CC[C@H]2[C@@H]3[C@H](O)C[C@@H]4C[C@@H](NC(=O)[C@H](CCC(=O)OCc5ccccc5)NC(=O)[C@H](CCC(=O)OCc5ccccc5)NC(=O)[C@H](CCC(=O)OCc5ccccc5)NC(=O)OC(C)(C)C)CC[C@]4(C)[C@H]3C[C@H](O)[C@]12C. The number of aliphatic hydroxyl groups excluding tert-OH is 2. The van der Waals surface area contributed by atoms with Gasteiger partial charge in [-0.3, -0.25) is 33.6 Å². The summed E-state index contributed by atoms with van der Waals surface area (Å²) in [5.41, 5.74) is 0.547. The van der Waals surface area contributed by atoms with E-state index in [0.29, 0.717) is 44.9 Å². The van der Waals surface area contributed by atoms with E-state index in [1.54, 1.807) is 81.4 Å². The van der Waals surface area contributed by atoms with E-state index in [2.05, 4.69) is 42.0 Å². The van der Waals surface area contributed by atoms with Gasteiger partial charge in [-0.25, -0.2) is 4.79 Å². The Balaban J connectivity index is 1.08. The average molecular weight is 1180 g/mol. The number of amides is 4. The average Bonchev–Trinajstić information content (AvgIpc) is 1.70. The third-order valence-electron chi connectivity index (χ3n) is 18.8. The molecule has 4 fully saturated rings. The molecule has 3 aromatic carbocycles. The van der Waals surface area contributed by atoms with Crippen LogP contribution in [0.25, 0.3) is 0 Å². The smallest absolute Gasteiger partial charge is 0.408 e. The number of carbonyl (C=O) groups is 8. The van der Waals surface area contributed by atoms with E-state index in [1.165, 1.54) is 7.11 Å². The first-order chi connectivity index (χ1) is 40.5. The lowest BCUT2D eigenvalue weighted by Crippen LogP contribution is -2.63. The molecule has 0 heterocycles. The minimum Gasteiger partial charge on any atom is -0.469 e. The zero-order chi connectivity index (χ0) is 61.5. The number of methoxy groups -OCH3 is 1. The Morgan fingerprint density at radius 3 is 1.51 bits per heavy atom. The first-order valence-corrected chi connectivity index (χ1v) is 30.4. The van der Waals surface area contributed by atoms with Gasteiger partial charge in [0.2, 0.25) is 17.7 Å². The van der Waals surface area contributed by atoms with Crippen LogP contribution >= 0.6 is 0 Å². The maximum absolute atomic E-state index is 14.8. The number of alkyl carbamates (subject to hydrolysis) is 1. The van der Waals surface area contributed by atoms with Crippen LogP contribution in [0.3, 0.4) is 0 Å². The quantitative estimate of drug-likeness (QED) is 0.0327. The zero-order valence-corrected chi connectivity index (χ0v) is 50.5. The Hall–Kier alpha value is -6.86. The van der Waals surface area contributed by atoms with Crippen molar-refractivity contribution < 1.29 is 72.3 Å². The van der Waals surface area contributed by atoms with Crippen LogP contribution in [0, 0.1) is 46.3 Å². The fourth-order valence-corrected chi connectivity index (χ4v) is 14.3. The van der Waals surface area contributed by atoms with Crippen molar-refractivity contribution in [1.29, 1.82) is 0 Å². The number of rotatable bonds is 26. The zero-order valence-electron chi connectivity index (χ0n) is 50.5. The Kier molecular flexibility index (Phi) is 23.2. The van der Waals surface area contributed by atoms with Crippen molar-refractivity contribution in [2.45, 2.75) is 200 Å². The number of hydrogen-bond acceptors (Lipinski definition) is 15. The van der Waals surface area contributed by atoms with Gasteiger partial charge in [0.15, 0.2) is 0 Å². The van der Waals surface area contributed by atoms with Crippen molar-refractivity contribution in [3.05, 3.63) is 108 Å². The first-order valence-electron chi connectivity index (χ1n) is 30.4. The molecule has 0 spiro atoms. The molecule has 19 nitrogen and oxygen atoms in total. The lowest BCUT2D eigenvalue weighted by atomic mass is 9.43. The maximum Gasteiger partial charge on any atom is 0.408 e. The summed E-state index contributed by atoms with van der Waals surface area (Å²) in [4.78, 5) is 109. The summed E-state index contributed by atoms with van der Waals surface area (Å²) in [5.74, 6) is -4.18. The molecule has 19 heteroatoms. The molecule has 464 valence electrons. The number of benzene rings is 3. The van der Waals surface area contributed by atoms with Crippen molar-refractivity contribution >= 4 is 47.7 Å². The van der Waals surface area contributed by atoms with Gasteiger partial charge < -0.3 is 55.2 Å². The lowest BCUT2D eigenvalue weighted by molar-refractivity contribution is -0.202. The van der Waals surface area contributed by atoms with Crippen LogP contribution in [0.4, 0.5) is 4.79 Å². The molecule has 4 saturated carbocycles. The van der Waals surface area contributed by atoms with E-state index in [9.17, 15) is 48.6 Å². The highest BCUT2D eigenvalue weighted by molar-refractivity contribution is 5.94. The molecule has 7 rings (SSSR count). The predicted molar refractivity (Wildman–Crippen MR) is 314 cm³/mol. The van der Waals surface area contributed by atoms with Gasteiger partial charge in [-0.15, -0.1) is 0 Å². The molecule has 0 radical (unpaired) electrons. The summed E-state index contributed by atoms with van der Waals surface area (Å²) >= 11 is 0. The fourth-order valence-electron chi connectivity index (χ4n) is 14.3. The van der Waals surface area contributed by atoms with Gasteiger partial charge in [0.25, 0.3) is 0 Å². The lowest BCUT2D eigenvalue weighted by Gasteiger charge is -2.63. The Bertz CT molecular complexity index is 2740. The van der Waals surface area contributed by atoms with E-state index < -0.39 is 89.1 Å². The van der Waals surface area contributed by atoms with Gasteiger partial charge in [-0.2, -0.15) is 0 Å². The maximum atomic E-state index is 14.8. The number of ether oxygens (including phenoxy) is 5. The molecular weight excluding hydrogens is 1090 g/mol. The summed E-state index contributed by atoms with van der Waals surface area (Å²) in [7, 11) is 1.39. The minimum atomic E-state index is -1.52. The van der Waals surface area contributed by atoms with Gasteiger partial charge in [0.05, 0.1) is 19.3 Å². The Morgan fingerprint density at radius 2 is 1.04 bits per heavy atom. The number of carbonyl (C=O) groups excluding carboxylic acids is 8. The molecule has 14 atom stereocenters. The highest BCUT2D eigenvalue weighted by atomic mass is 16.6. The van der Waals surface area contributed by atoms with Crippen LogP contribution in [-0.2, 0) is 77.1 Å². The summed E-state index contributed by atoms with van der Waals surface area (Å²) in [5, 5.41) is 35.6. The van der Waals surface area contributed by atoms with Gasteiger partial charge in [0, 0.05) is 31.7 Å². The van der Waals surface area contributed by atoms with Gasteiger partial charge in [0.1, 0.15) is 43.5 Å². The molecule has 3 aromatic rings. The molecule has 0 aromatic heterocycles. The Morgan fingerprint density at radius 1 is 0.576 bits per heavy atom. The minimum absolute atomic E-state index is 0.0225. The number of nitrogens with one attached hydrogen (secondary N) is 4. The first kappa shape index (κ1) is 65.7. The molecule has 0 aliphatic heterocycles. The summed E-state index contributed by atoms with van der Waals surface area (Å²) in [6.07, 6.45) is 1.58. The van der Waals surface area contributed by atoms with Crippen LogP contribution in [0.2, 0.25) is 0 Å². The number of hydrogen-bond donors (Lipinski definition) is 6. The molecule has 85 heavy (non-hydrogen) atoms. The number of aliphatic hydroxyl groups is 2. The van der Waals surface area contributed by atoms with E-state index in [0.717, 1.165) is 29.5 Å². The number of esters is 4. The van der Waals surface area contributed by atoms with Crippen molar-refractivity contribution in [3.63, 3.8) is 0 Å². The molecular formula is C66H90N4O15. The van der Waals surface area contributed by atoms with Crippen molar-refractivity contribution in [3.8, 4) is 0 Å². The molecule has 0 bridgehead atoms. The van der Waals surface area contributed by atoms with Crippen LogP contribution in [0.1, 0.15) is 155 Å². The van der Waals surface area contributed by atoms with Crippen molar-refractivity contribution in [2.24, 2.45) is 46.3 Å². The topological polar surface area (TPSA) is 271 Å². The largest absolute Gasteiger partial charge is 0.469 e.